The highest BCUT2D eigenvalue weighted by molar-refractivity contribution is 7.10. The van der Waals surface area contributed by atoms with Crippen molar-refractivity contribution < 1.29 is 48.7 Å². The van der Waals surface area contributed by atoms with Crippen LogP contribution in [0.4, 0.5) is 9.18 Å². The second-order valence-electron chi connectivity index (χ2n) is 11.2. The first-order valence-corrected chi connectivity index (χ1v) is 14.1. The fourth-order valence-corrected chi connectivity index (χ4v) is 6.04. The zero-order valence-corrected chi connectivity index (χ0v) is 24.4. The topological polar surface area (TPSA) is 187 Å². The minimum absolute atomic E-state index is 0.144. The van der Waals surface area contributed by atoms with Crippen molar-refractivity contribution in [3.63, 3.8) is 0 Å². The summed E-state index contributed by atoms with van der Waals surface area (Å²) in [7, 11) is 0. The summed E-state index contributed by atoms with van der Waals surface area (Å²) in [5.41, 5.74) is -0.867. The SMILES string of the molecule is Cc1ccc(C(C)(C)N2CC[C@@](CCc3ccc(F)s3)([C@@H]3CNC(=O)O3)C2)cn1.O=C(O)CC(O)(CC(=O)O)C(=O)O. The summed E-state index contributed by atoms with van der Waals surface area (Å²) in [6.45, 7) is 8.74. The van der Waals surface area contributed by atoms with Gasteiger partial charge in [0.2, 0.25) is 0 Å². The smallest absolute Gasteiger partial charge is 0.407 e. The van der Waals surface area contributed by atoms with Gasteiger partial charge in [-0.1, -0.05) is 6.07 Å². The summed E-state index contributed by atoms with van der Waals surface area (Å²) < 4.78 is 19.1. The number of aliphatic carboxylic acids is 3. The molecule has 2 aromatic heterocycles. The molecule has 2 saturated heterocycles. The van der Waals surface area contributed by atoms with Crippen LogP contribution in [0.2, 0.25) is 0 Å². The first-order valence-electron chi connectivity index (χ1n) is 13.3. The molecule has 0 spiro atoms. The van der Waals surface area contributed by atoms with E-state index in [-0.39, 0.29) is 28.3 Å². The van der Waals surface area contributed by atoms with Gasteiger partial charge in [-0.3, -0.25) is 19.5 Å². The number of aliphatic hydroxyl groups is 1. The molecule has 12 nitrogen and oxygen atoms in total. The van der Waals surface area contributed by atoms with Crippen LogP contribution in [-0.4, -0.2) is 85.7 Å². The van der Waals surface area contributed by atoms with Crippen molar-refractivity contribution in [2.45, 2.75) is 70.1 Å². The van der Waals surface area contributed by atoms with Crippen LogP contribution in [-0.2, 0) is 31.1 Å². The molecule has 42 heavy (non-hydrogen) atoms. The van der Waals surface area contributed by atoms with Gasteiger partial charge in [-0.25, -0.2) is 9.59 Å². The number of halogens is 1. The van der Waals surface area contributed by atoms with Crippen LogP contribution in [0.25, 0.3) is 0 Å². The van der Waals surface area contributed by atoms with Gasteiger partial charge < -0.3 is 30.5 Å². The third-order valence-corrected chi connectivity index (χ3v) is 8.87. The number of aromatic nitrogens is 1. The van der Waals surface area contributed by atoms with E-state index >= 15 is 0 Å². The molecular formula is C28H36FN3O9S. The van der Waals surface area contributed by atoms with Gasteiger partial charge in [0.25, 0.3) is 0 Å². The molecule has 14 heteroatoms. The van der Waals surface area contributed by atoms with Crippen LogP contribution < -0.4 is 5.32 Å². The minimum Gasteiger partial charge on any atom is -0.481 e. The lowest BCUT2D eigenvalue weighted by atomic mass is 9.76. The van der Waals surface area contributed by atoms with E-state index < -0.39 is 36.4 Å². The zero-order valence-electron chi connectivity index (χ0n) is 23.6. The lowest BCUT2D eigenvalue weighted by molar-refractivity contribution is -0.170. The van der Waals surface area contributed by atoms with Crippen LogP contribution >= 0.6 is 11.3 Å². The molecule has 2 aliphatic rings. The van der Waals surface area contributed by atoms with Crippen LogP contribution in [0.1, 0.15) is 55.7 Å². The molecule has 0 saturated carbocycles. The Hall–Kier alpha value is -3.62. The number of ether oxygens (including phenoxy) is 1. The highest BCUT2D eigenvalue weighted by Gasteiger charge is 2.51. The number of hydrogen-bond donors (Lipinski definition) is 5. The Morgan fingerprint density at radius 1 is 1.17 bits per heavy atom. The number of nitrogens with zero attached hydrogens (tertiary/aromatic N) is 2. The largest absolute Gasteiger partial charge is 0.481 e. The third-order valence-electron chi connectivity index (χ3n) is 7.94. The number of alkyl carbamates (subject to hydrolysis) is 1. The molecule has 0 aromatic carbocycles. The summed E-state index contributed by atoms with van der Waals surface area (Å²) in [5.74, 6) is -5.02. The van der Waals surface area contributed by atoms with Crippen molar-refractivity contribution in [1.29, 1.82) is 0 Å². The number of carbonyl (C=O) groups excluding carboxylic acids is 1. The Morgan fingerprint density at radius 3 is 2.31 bits per heavy atom. The van der Waals surface area contributed by atoms with E-state index in [0.29, 0.717) is 6.54 Å². The second kappa shape index (κ2) is 13.1. The number of thiophene rings is 1. The maximum atomic E-state index is 13.4. The monoisotopic (exact) mass is 609 g/mol. The van der Waals surface area contributed by atoms with E-state index in [1.807, 2.05) is 19.2 Å². The van der Waals surface area contributed by atoms with Gasteiger partial charge in [-0.2, -0.15) is 4.39 Å². The number of likely N-dealkylation sites (tertiary alicyclic amines) is 1. The predicted molar refractivity (Wildman–Crippen MR) is 149 cm³/mol. The Morgan fingerprint density at radius 2 is 1.83 bits per heavy atom. The lowest BCUT2D eigenvalue weighted by Gasteiger charge is -2.39. The summed E-state index contributed by atoms with van der Waals surface area (Å²) in [6, 6.07) is 7.59. The highest BCUT2D eigenvalue weighted by Crippen LogP contribution is 2.45. The van der Waals surface area contributed by atoms with Crippen molar-refractivity contribution in [3.8, 4) is 0 Å². The number of hydrogen-bond acceptors (Lipinski definition) is 9. The van der Waals surface area contributed by atoms with E-state index in [1.165, 1.54) is 23.0 Å². The molecule has 2 fully saturated rings. The summed E-state index contributed by atoms with van der Waals surface area (Å²) >= 11 is 1.21. The van der Waals surface area contributed by atoms with Crippen molar-refractivity contribution >= 4 is 35.3 Å². The van der Waals surface area contributed by atoms with Crippen LogP contribution in [0.15, 0.2) is 30.5 Å². The Bertz CT molecular complexity index is 1280. The first-order chi connectivity index (χ1) is 19.6. The molecule has 0 radical (unpaired) electrons. The summed E-state index contributed by atoms with van der Waals surface area (Å²) in [4.78, 5) is 50.2. The molecule has 2 atom stereocenters. The molecule has 230 valence electrons. The quantitative estimate of drug-likeness (QED) is 0.252. The molecule has 4 heterocycles. The fourth-order valence-electron chi connectivity index (χ4n) is 5.32. The Balaban J connectivity index is 0.000000316. The highest BCUT2D eigenvalue weighted by atomic mass is 32.1. The van der Waals surface area contributed by atoms with Gasteiger partial charge in [0.1, 0.15) is 6.10 Å². The Labute approximate surface area is 246 Å². The maximum Gasteiger partial charge on any atom is 0.407 e. The molecule has 2 aliphatic heterocycles. The molecule has 4 rings (SSSR count). The van der Waals surface area contributed by atoms with Crippen molar-refractivity contribution in [2.24, 2.45) is 5.41 Å². The van der Waals surface area contributed by atoms with Gasteiger partial charge in [0, 0.05) is 34.3 Å². The minimum atomic E-state index is -2.74. The van der Waals surface area contributed by atoms with Gasteiger partial charge in [0.05, 0.1) is 19.4 Å². The van der Waals surface area contributed by atoms with Gasteiger partial charge in [-0.05, 0) is 70.3 Å². The summed E-state index contributed by atoms with van der Waals surface area (Å²) in [6.07, 6.45) is 1.79. The van der Waals surface area contributed by atoms with Gasteiger partial charge >= 0.3 is 24.0 Å². The van der Waals surface area contributed by atoms with Crippen LogP contribution in [0.3, 0.4) is 0 Å². The molecule has 0 bridgehead atoms. The number of pyridine rings is 1. The number of aryl methyl sites for hydroxylation is 2. The van der Waals surface area contributed by atoms with E-state index in [2.05, 4.69) is 41.2 Å². The van der Waals surface area contributed by atoms with Gasteiger partial charge in [-0.15, -0.1) is 11.3 Å². The molecule has 2 aromatic rings. The normalized spacial score (nSPS) is 20.8. The molecule has 5 N–H and O–H groups in total. The molecule has 0 unspecified atom stereocenters. The van der Waals surface area contributed by atoms with Crippen LogP contribution in [0, 0.1) is 17.5 Å². The molecule has 0 aliphatic carbocycles. The number of nitrogens with one attached hydrogen (secondary N) is 1. The average molecular weight is 610 g/mol. The van der Waals surface area contributed by atoms with E-state index in [0.717, 1.165) is 42.9 Å². The van der Waals surface area contributed by atoms with E-state index in [9.17, 15) is 23.6 Å². The Kier molecular flexibility index (Phi) is 10.3. The number of amides is 1. The molecular weight excluding hydrogens is 573 g/mol. The number of cyclic esters (lactones) is 1. The number of carboxylic acid groups (broad SMARTS) is 3. The van der Waals surface area contributed by atoms with Crippen molar-refractivity contribution in [2.75, 3.05) is 19.6 Å². The first kappa shape index (κ1) is 32.9. The van der Waals surface area contributed by atoms with Gasteiger partial charge in [0.15, 0.2) is 10.7 Å². The number of carbonyl (C=O) groups is 4. The molecule has 1 amide bonds. The lowest BCUT2D eigenvalue weighted by Crippen LogP contribution is -2.45. The van der Waals surface area contributed by atoms with E-state index in [4.69, 9.17) is 25.2 Å². The predicted octanol–water partition coefficient (Wildman–Crippen LogP) is 3.01. The maximum absolute atomic E-state index is 13.4. The van der Waals surface area contributed by atoms with E-state index in [1.54, 1.807) is 0 Å². The fraction of sp³-hybridized carbons (Fsp3) is 0.536. The zero-order chi connectivity index (χ0) is 31.3. The third kappa shape index (κ3) is 8.01. The average Bonchev–Trinajstić information content (AvgIpc) is 3.63. The summed E-state index contributed by atoms with van der Waals surface area (Å²) in [5, 5.41) is 36.5. The number of carboxylic acids is 3. The van der Waals surface area contributed by atoms with Crippen molar-refractivity contribution in [3.05, 3.63) is 51.7 Å². The van der Waals surface area contributed by atoms with Crippen molar-refractivity contribution in [1.82, 2.24) is 15.2 Å². The van der Waals surface area contributed by atoms with Crippen LogP contribution in [0.5, 0.6) is 0 Å². The second-order valence-corrected chi connectivity index (χ2v) is 12.4. The standard InChI is InChI=1S/C22H28FN3O2S.C6H8O7/c1-15-4-5-16(12-24-15)21(2,3)26-11-10-22(14-26,18-13-25-20(27)28-18)9-8-17-6-7-19(23)29-17;7-3(8)1-6(13,5(11)12)2-4(9)10/h4-7,12,18H,8-11,13-14H2,1-3H3,(H,25,27);13H,1-2H2,(H,7,8)(H,9,10)(H,11,12)/t18-,22+;/m0./s1. The number of rotatable bonds is 11.